The summed E-state index contributed by atoms with van der Waals surface area (Å²) >= 11 is 0. The lowest BCUT2D eigenvalue weighted by atomic mass is 9.86. The zero-order valence-electron chi connectivity index (χ0n) is 8.01. The predicted molar refractivity (Wildman–Crippen MR) is 47.8 cm³/mol. The van der Waals surface area contributed by atoms with Crippen molar-refractivity contribution in [2.45, 2.75) is 52.1 Å². The van der Waals surface area contributed by atoms with E-state index < -0.39 is 0 Å². The maximum absolute atomic E-state index is 11.3. The van der Waals surface area contributed by atoms with E-state index in [0.29, 0.717) is 0 Å². The Bertz CT molecular complexity index is 150. The molecule has 0 radical (unpaired) electrons. The molecule has 0 aromatic rings. The van der Waals surface area contributed by atoms with Crippen molar-refractivity contribution < 1.29 is 9.53 Å². The maximum Gasteiger partial charge on any atom is 0.309 e. The summed E-state index contributed by atoms with van der Waals surface area (Å²) in [6.45, 7) is 4.08. The number of carbonyl (C=O) groups is 1. The molecule has 12 heavy (non-hydrogen) atoms. The van der Waals surface area contributed by atoms with Crippen LogP contribution in [0.5, 0.6) is 0 Å². The van der Waals surface area contributed by atoms with Crippen molar-refractivity contribution in [3.63, 3.8) is 0 Å². The number of ether oxygens (including phenoxy) is 1. The van der Waals surface area contributed by atoms with Gasteiger partial charge in [-0.05, 0) is 26.2 Å². The second kappa shape index (κ2) is 4.48. The molecule has 1 aliphatic rings. The molecule has 0 spiro atoms. The average Bonchev–Trinajstić information content (AvgIpc) is 1.82. The quantitative estimate of drug-likeness (QED) is 0.606. The van der Waals surface area contributed by atoms with Gasteiger partial charge in [0.1, 0.15) is 0 Å². The van der Waals surface area contributed by atoms with E-state index in [1.807, 2.05) is 6.92 Å². The zero-order chi connectivity index (χ0) is 8.97. The molecule has 70 valence electrons. The molecule has 1 atom stereocenters. The van der Waals surface area contributed by atoms with Crippen LogP contribution in [0.25, 0.3) is 0 Å². The van der Waals surface area contributed by atoms with Crippen molar-refractivity contribution in [3.05, 3.63) is 0 Å². The SMILES string of the molecule is CCCC(C)OC(=O)C1CCC1. The van der Waals surface area contributed by atoms with Gasteiger partial charge in [0, 0.05) is 0 Å². The van der Waals surface area contributed by atoms with Crippen LogP contribution in [-0.2, 0) is 9.53 Å². The summed E-state index contributed by atoms with van der Waals surface area (Å²) < 4.78 is 5.26. The van der Waals surface area contributed by atoms with Gasteiger partial charge in [0.05, 0.1) is 12.0 Å². The lowest BCUT2D eigenvalue weighted by Gasteiger charge is -2.25. The van der Waals surface area contributed by atoms with Gasteiger partial charge in [0.2, 0.25) is 0 Å². The monoisotopic (exact) mass is 170 g/mol. The largest absolute Gasteiger partial charge is 0.462 e. The average molecular weight is 170 g/mol. The van der Waals surface area contributed by atoms with Crippen LogP contribution >= 0.6 is 0 Å². The molecule has 1 rings (SSSR count). The smallest absolute Gasteiger partial charge is 0.309 e. The fourth-order valence-corrected chi connectivity index (χ4v) is 1.40. The van der Waals surface area contributed by atoms with Crippen molar-refractivity contribution in [2.75, 3.05) is 0 Å². The topological polar surface area (TPSA) is 26.3 Å². The van der Waals surface area contributed by atoms with E-state index in [4.69, 9.17) is 4.74 Å². The fourth-order valence-electron chi connectivity index (χ4n) is 1.40. The van der Waals surface area contributed by atoms with E-state index in [9.17, 15) is 4.79 Å². The van der Waals surface area contributed by atoms with Crippen LogP contribution in [0.2, 0.25) is 0 Å². The van der Waals surface area contributed by atoms with Gasteiger partial charge in [-0.2, -0.15) is 0 Å². The third-order valence-corrected chi connectivity index (χ3v) is 2.45. The molecule has 1 fully saturated rings. The highest BCUT2D eigenvalue weighted by Gasteiger charge is 2.27. The molecule has 0 heterocycles. The van der Waals surface area contributed by atoms with Crippen molar-refractivity contribution in [1.29, 1.82) is 0 Å². The molecule has 0 bridgehead atoms. The minimum atomic E-state index is 0.0298. The first-order valence-electron chi connectivity index (χ1n) is 4.94. The standard InChI is InChI=1S/C10H18O2/c1-3-5-8(2)12-10(11)9-6-4-7-9/h8-9H,3-7H2,1-2H3. The van der Waals surface area contributed by atoms with Crippen LogP contribution in [0.1, 0.15) is 46.0 Å². The first kappa shape index (κ1) is 9.56. The van der Waals surface area contributed by atoms with Crippen LogP contribution in [0.3, 0.4) is 0 Å². The van der Waals surface area contributed by atoms with Gasteiger partial charge in [-0.25, -0.2) is 0 Å². The number of hydrogen-bond acceptors (Lipinski definition) is 2. The molecule has 1 aliphatic carbocycles. The highest BCUT2D eigenvalue weighted by Crippen LogP contribution is 2.27. The lowest BCUT2D eigenvalue weighted by molar-refractivity contribution is -0.156. The molecular formula is C10H18O2. The third-order valence-electron chi connectivity index (χ3n) is 2.45. The van der Waals surface area contributed by atoms with Gasteiger partial charge < -0.3 is 4.74 Å². The molecule has 0 amide bonds. The minimum absolute atomic E-state index is 0.0298. The molecule has 0 aliphatic heterocycles. The third kappa shape index (κ3) is 2.50. The van der Waals surface area contributed by atoms with E-state index in [1.165, 1.54) is 6.42 Å². The molecule has 1 saturated carbocycles. The number of esters is 1. The molecule has 0 N–H and O–H groups in total. The summed E-state index contributed by atoms with van der Waals surface area (Å²) in [6.07, 6.45) is 5.46. The van der Waals surface area contributed by atoms with Crippen LogP contribution in [0, 0.1) is 5.92 Å². The van der Waals surface area contributed by atoms with Crippen molar-refractivity contribution in [1.82, 2.24) is 0 Å². The highest BCUT2D eigenvalue weighted by molar-refractivity contribution is 5.73. The number of rotatable bonds is 4. The van der Waals surface area contributed by atoms with Crippen LogP contribution in [0.4, 0.5) is 0 Å². The molecule has 2 nitrogen and oxygen atoms in total. The summed E-state index contributed by atoms with van der Waals surface area (Å²) in [5.41, 5.74) is 0. The van der Waals surface area contributed by atoms with E-state index in [1.54, 1.807) is 0 Å². The van der Waals surface area contributed by atoms with Crippen LogP contribution < -0.4 is 0 Å². The Labute approximate surface area is 74.3 Å². The van der Waals surface area contributed by atoms with E-state index in [2.05, 4.69) is 6.92 Å². The molecule has 2 heteroatoms. The van der Waals surface area contributed by atoms with Gasteiger partial charge in [-0.15, -0.1) is 0 Å². The second-order valence-corrected chi connectivity index (χ2v) is 3.66. The normalized spacial score (nSPS) is 19.8. The Balaban J connectivity index is 2.15. The molecule has 0 aromatic carbocycles. The second-order valence-electron chi connectivity index (χ2n) is 3.66. The Kier molecular flexibility index (Phi) is 3.57. The lowest BCUT2D eigenvalue weighted by Crippen LogP contribution is -2.27. The Morgan fingerprint density at radius 3 is 2.67 bits per heavy atom. The first-order valence-corrected chi connectivity index (χ1v) is 4.94. The molecule has 1 unspecified atom stereocenters. The summed E-state index contributed by atoms with van der Waals surface area (Å²) in [7, 11) is 0. The summed E-state index contributed by atoms with van der Waals surface area (Å²) in [6, 6.07) is 0. The highest BCUT2D eigenvalue weighted by atomic mass is 16.5. The van der Waals surface area contributed by atoms with E-state index in [-0.39, 0.29) is 18.0 Å². The molecule has 0 saturated heterocycles. The predicted octanol–water partition coefficient (Wildman–Crippen LogP) is 2.52. The summed E-state index contributed by atoms with van der Waals surface area (Å²) in [5.74, 6) is 0.256. The fraction of sp³-hybridized carbons (Fsp3) is 0.900. The van der Waals surface area contributed by atoms with Crippen molar-refractivity contribution in [3.8, 4) is 0 Å². The van der Waals surface area contributed by atoms with Gasteiger partial charge in [0.15, 0.2) is 0 Å². The van der Waals surface area contributed by atoms with Gasteiger partial charge in [0.25, 0.3) is 0 Å². The first-order chi connectivity index (χ1) is 5.74. The molecular weight excluding hydrogens is 152 g/mol. The van der Waals surface area contributed by atoms with Gasteiger partial charge >= 0.3 is 5.97 Å². The Morgan fingerprint density at radius 1 is 1.58 bits per heavy atom. The van der Waals surface area contributed by atoms with E-state index in [0.717, 1.165) is 25.7 Å². The van der Waals surface area contributed by atoms with Crippen LogP contribution in [0.15, 0.2) is 0 Å². The van der Waals surface area contributed by atoms with Crippen molar-refractivity contribution >= 4 is 5.97 Å². The summed E-state index contributed by atoms with van der Waals surface area (Å²) in [4.78, 5) is 11.3. The minimum Gasteiger partial charge on any atom is -0.462 e. The summed E-state index contributed by atoms with van der Waals surface area (Å²) in [5, 5.41) is 0. The van der Waals surface area contributed by atoms with Crippen molar-refractivity contribution in [2.24, 2.45) is 5.92 Å². The Hall–Kier alpha value is -0.530. The van der Waals surface area contributed by atoms with Gasteiger partial charge in [-0.3, -0.25) is 4.79 Å². The maximum atomic E-state index is 11.3. The van der Waals surface area contributed by atoms with E-state index >= 15 is 0 Å². The Morgan fingerprint density at radius 2 is 2.25 bits per heavy atom. The van der Waals surface area contributed by atoms with Crippen LogP contribution in [-0.4, -0.2) is 12.1 Å². The zero-order valence-corrected chi connectivity index (χ0v) is 8.01. The number of carbonyl (C=O) groups excluding carboxylic acids is 1. The molecule has 0 aromatic heterocycles. The number of hydrogen-bond donors (Lipinski definition) is 0. The van der Waals surface area contributed by atoms with Gasteiger partial charge in [-0.1, -0.05) is 19.8 Å².